The molecule has 1 N–H and O–H groups in total. The Morgan fingerprint density at radius 1 is 1.58 bits per heavy atom. The Balaban J connectivity index is 2.61. The van der Waals surface area contributed by atoms with Crippen molar-refractivity contribution < 1.29 is 5.11 Å². The number of hydrogen-bond donors (Lipinski definition) is 1. The van der Waals surface area contributed by atoms with Crippen molar-refractivity contribution in [1.29, 1.82) is 0 Å². The van der Waals surface area contributed by atoms with Crippen molar-refractivity contribution in [2.75, 3.05) is 5.33 Å². The van der Waals surface area contributed by atoms with Crippen molar-refractivity contribution in [2.24, 2.45) is 0 Å². The second-order valence-electron chi connectivity index (χ2n) is 2.34. The average molecular weight is 247 g/mol. The Labute approximate surface area is 84.9 Å². The molecule has 0 aromatic carbocycles. The van der Waals surface area contributed by atoms with Gasteiger partial charge in [-0.3, -0.25) is 0 Å². The van der Waals surface area contributed by atoms with Crippen LogP contribution in [0.3, 0.4) is 0 Å². The average Bonchev–Trinajstić information content (AvgIpc) is 2.52. The van der Waals surface area contributed by atoms with Gasteiger partial charge < -0.3 is 5.11 Å². The minimum Gasteiger partial charge on any atom is -0.391 e. The Morgan fingerprint density at radius 2 is 2.42 bits per heavy atom. The molecule has 0 spiro atoms. The third-order valence-electron chi connectivity index (χ3n) is 1.50. The zero-order valence-corrected chi connectivity index (χ0v) is 9.07. The van der Waals surface area contributed by atoms with E-state index in [1.807, 2.05) is 11.4 Å². The van der Waals surface area contributed by atoms with Crippen LogP contribution >= 0.6 is 27.3 Å². The second-order valence-corrected chi connectivity index (χ2v) is 4.13. The highest BCUT2D eigenvalue weighted by Crippen LogP contribution is 2.18. The van der Waals surface area contributed by atoms with E-state index < -0.39 is 0 Å². The summed E-state index contributed by atoms with van der Waals surface area (Å²) in [5.41, 5.74) is 1.14. The van der Waals surface area contributed by atoms with E-state index in [1.165, 1.54) is 0 Å². The van der Waals surface area contributed by atoms with Gasteiger partial charge in [0, 0.05) is 10.2 Å². The van der Waals surface area contributed by atoms with E-state index in [1.54, 1.807) is 11.3 Å². The van der Waals surface area contributed by atoms with Gasteiger partial charge in [0.1, 0.15) is 0 Å². The molecule has 0 saturated heterocycles. The first kappa shape index (κ1) is 9.96. The molecule has 0 aliphatic heterocycles. The topological polar surface area (TPSA) is 20.2 Å². The molecule has 1 aromatic rings. The van der Waals surface area contributed by atoms with Gasteiger partial charge in [0.05, 0.1) is 6.61 Å². The molecule has 0 aliphatic carbocycles. The lowest BCUT2D eigenvalue weighted by Crippen LogP contribution is -1.79. The van der Waals surface area contributed by atoms with Crippen LogP contribution in [0.25, 0.3) is 6.08 Å². The summed E-state index contributed by atoms with van der Waals surface area (Å²) in [6.07, 6.45) is 5.19. The van der Waals surface area contributed by atoms with Gasteiger partial charge in [0.25, 0.3) is 0 Å². The van der Waals surface area contributed by atoms with Crippen LogP contribution in [0.1, 0.15) is 16.9 Å². The van der Waals surface area contributed by atoms with Gasteiger partial charge in [-0.15, -0.1) is 11.3 Å². The van der Waals surface area contributed by atoms with Crippen LogP contribution < -0.4 is 0 Å². The maximum Gasteiger partial charge on any atom is 0.0780 e. The van der Waals surface area contributed by atoms with E-state index >= 15 is 0 Å². The maximum atomic E-state index is 8.93. The number of allylic oxidation sites excluding steroid dienone is 1. The van der Waals surface area contributed by atoms with E-state index in [0.717, 1.165) is 22.2 Å². The van der Waals surface area contributed by atoms with Crippen molar-refractivity contribution in [2.45, 2.75) is 13.0 Å². The molecule has 0 fully saturated rings. The van der Waals surface area contributed by atoms with Gasteiger partial charge in [-0.1, -0.05) is 28.1 Å². The largest absolute Gasteiger partial charge is 0.391 e. The Morgan fingerprint density at radius 3 is 3.08 bits per heavy atom. The zero-order chi connectivity index (χ0) is 8.81. The third-order valence-corrected chi connectivity index (χ3v) is 2.88. The first-order chi connectivity index (χ1) is 5.88. The predicted octanol–water partition coefficient (Wildman–Crippen LogP) is 3.04. The quantitative estimate of drug-likeness (QED) is 0.811. The summed E-state index contributed by atoms with van der Waals surface area (Å²) in [4.78, 5) is 1.04. The van der Waals surface area contributed by atoms with Gasteiger partial charge in [0.2, 0.25) is 0 Å². The van der Waals surface area contributed by atoms with E-state index in [4.69, 9.17) is 5.11 Å². The highest BCUT2D eigenvalue weighted by Gasteiger charge is 1.97. The molecule has 1 heterocycles. The third kappa shape index (κ3) is 2.73. The second kappa shape index (κ2) is 5.51. The summed E-state index contributed by atoms with van der Waals surface area (Å²) in [7, 11) is 0. The molecule has 0 amide bonds. The smallest absolute Gasteiger partial charge is 0.0780 e. The highest BCUT2D eigenvalue weighted by atomic mass is 79.9. The number of aliphatic hydroxyl groups excluding tert-OH is 1. The number of hydrogen-bond acceptors (Lipinski definition) is 2. The van der Waals surface area contributed by atoms with Gasteiger partial charge >= 0.3 is 0 Å². The van der Waals surface area contributed by atoms with Gasteiger partial charge in [0.15, 0.2) is 0 Å². The molecular formula is C9H11BrOS. The van der Waals surface area contributed by atoms with Crippen LogP contribution in [-0.2, 0) is 6.61 Å². The molecule has 1 nitrogen and oxygen atoms in total. The van der Waals surface area contributed by atoms with E-state index in [9.17, 15) is 0 Å². The van der Waals surface area contributed by atoms with Crippen molar-refractivity contribution in [3.05, 3.63) is 28.0 Å². The molecule has 0 aliphatic rings. The van der Waals surface area contributed by atoms with E-state index in [-0.39, 0.29) is 6.61 Å². The number of aliphatic hydroxyl groups is 1. The summed E-state index contributed by atoms with van der Waals surface area (Å²) in [5.74, 6) is 0. The SMILES string of the molecule is OCc1sccc1C=CCCBr. The first-order valence-corrected chi connectivity index (χ1v) is 5.78. The number of thiophene rings is 1. The molecule has 12 heavy (non-hydrogen) atoms. The van der Waals surface area contributed by atoms with Crippen LogP contribution in [0.4, 0.5) is 0 Å². The van der Waals surface area contributed by atoms with Crippen molar-refractivity contribution in [1.82, 2.24) is 0 Å². The summed E-state index contributed by atoms with van der Waals surface area (Å²) in [5, 5.41) is 11.9. The minimum absolute atomic E-state index is 0.144. The Bertz CT molecular complexity index is 255. The summed E-state index contributed by atoms with van der Waals surface area (Å²) < 4.78 is 0. The number of rotatable bonds is 4. The van der Waals surface area contributed by atoms with E-state index in [0.29, 0.717) is 0 Å². The molecule has 0 unspecified atom stereocenters. The lowest BCUT2D eigenvalue weighted by atomic mass is 10.2. The molecule has 1 aromatic heterocycles. The number of alkyl halides is 1. The Kier molecular flexibility index (Phi) is 4.58. The molecular weight excluding hydrogens is 236 g/mol. The lowest BCUT2D eigenvalue weighted by Gasteiger charge is -1.91. The summed E-state index contributed by atoms with van der Waals surface area (Å²) in [6, 6.07) is 2.03. The fourth-order valence-electron chi connectivity index (χ4n) is 0.901. The molecule has 66 valence electrons. The number of halogens is 1. The minimum atomic E-state index is 0.144. The van der Waals surface area contributed by atoms with Crippen LogP contribution in [0.5, 0.6) is 0 Å². The zero-order valence-electron chi connectivity index (χ0n) is 6.66. The van der Waals surface area contributed by atoms with Crippen molar-refractivity contribution >= 4 is 33.3 Å². The standard InChI is InChI=1S/C9H11BrOS/c10-5-2-1-3-8-4-6-12-9(8)7-11/h1,3-4,6,11H,2,5,7H2. The molecule has 0 atom stereocenters. The van der Waals surface area contributed by atoms with Crippen LogP contribution in [0.2, 0.25) is 0 Å². The fourth-order valence-corrected chi connectivity index (χ4v) is 1.89. The molecule has 3 heteroatoms. The fraction of sp³-hybridized carbons (Fsp3) is 0.333. The molecule has 0 radical (unpaired) electrons. The van der Waals surface area contributed by atoms with Crippen LogP contribution in [0.15, 0.2) is 17.5 Å². The van der Waals surface area contributed by atoms with Gasteiger partial charge in [-0.25, -0.2) is 0 Å². The van der Waals surface area contributed by atoms with Crippen LogP contribution in [-0.4, -0.2) is 10.4 Å². The summed E-state index contributed by atoms with van der Waals surface area (Å²) in [6.45, 7) is 0.144. The van der Waals surface area contributed by atoms with Crippen LogP contribution in [0, 0.1) is 0 Å². The highest BCUT2D eigenvalue weighted by molar-refractivity contribution is 9.09. The first-order valence-electron chi connectivity index (χ1n) is 3.78. The van der Waals surface area contributed by atoms with Gasteiger partial charge in [-0.2, -0.15) is 0 Å². The predicted molar refractivity (Wildman–Crippen MR) is 57.7 cm³/mol. The molecule has 0 bridgehead atoms. The molecule has 0 saturated carbocycles. The van der Waals surface area contributed by atoms with Crippen molar-refractivity contribution in [3.63, 3.8) is 0 Å². The van der Waals surface area contributed by atoms with Gasteiger partial charge in [-0.05, 0) is 23.4 Å². The monoisotopic (exact) mass is 246 g/mol. The van der Waals surface area contributed by atoms with E-state index in [2.05, 4.69) is 28.1 Å². The Hall–Kier alpha value is -0.120. The molecule has 1 rings (SSSR count). The maximum absolute atomic E-state index is 8.93. The normalized spacial score (nSPS) is 11.2. The summed E-state index contributed by atoms with van der Waals surface area (Å²) >= 11 is 4.95. The van der Waals surface area contributed by atoms with Crippen molar-refractivity contribution in [3.8, 4) is 0 Å². The lowest BCUT2D eigenvalue weighted by molar-refractivity contribution is 0.285.